The zero-order valence-electron chi connectivity index (χ0n) is 21.4. The Labute approximate surface area is 236 Å². The number of carbonyl (C=O) groups excluding carboxylic acids is 1. The molecule has 6 nitrogen and oxygen atoms in total. The van der Waals surface area contributed by atoms with Crippen LogP contribution in [-0.4, -0.2) is 46.7 Å². The number of allylic oxidation sites excluding steroid dienone is 2. The Hall–Kier alpha value is -3.48. The minimum Gasteiger partial charge on any atom is -0.379 e. The molecule has 0 unspecified atom stereocenters. The Bertz CT molecular complexity index is 1510. The number of thioether (sulfide) groups is 1. The van der Waals surface area contributed by atoms with Crippen molar-refractivity contribution in [1.82, 2.24) is 9.80 Å². The van der Waals surface area contributed by atoms with Gasteiger partial charge in [0.2, 0.25) is 0 Å². The Morgan fingerprint density at radius 2 is 1.85 bits per heavy atom. The van der Waals surface area contributed by atoms with Gasteiger partial charge in [0.15, 0.2) is 0 Å². The van der Waals surface area contributed by atoms with Gasteiger partial charge < -0.3 is 9.64 Å². The average Bonchev–Trinajstić information content (AvgIpc) is 2.88. The summed E-state index contributed by atoms with van der Waals surface area (Å²) in [6.07, 6.45) is -1.04. The topological polar surface area (TPSA) is 69.0 Å². The molecule has 210 valence electrons. The van der Waals surface area contributed by atoms with Gasteiger partial charge in [0, 0.05) is 64.3 Å². The van der Waals surface area contributed by atoms with E-state index in [1.807, 2.05) is 0 Å². The van der Waals surface area contributed by atoms with Crippen molar-refractivity contribution < 1.29 is 31.5 Å². The zero-order valence-corrected chi connectivity index (χ0v) is 23.0. The number of hydrogen-bond donors (Lipinski definition) is 1. The number of hydrogen-bond acceptors (Lipinski definition) is 5. The molecule has 0 fully saturated rings. The minimum atomic E-state index is -4.99. The number of aliphatic imine (C=N–C) groups is 1. The zero-order chi connectivity index (χ0) is 29.5. The molecule has 1 amide bonds. The lowest BCUT2D eigenvalue weighted by Gasteiger charge is -2.32. The molecule has 2 heterocycles. The highest BCUT2D eigenvalue weighted by molar-refractivity contribution is 8.00. The lowest BCUT2D eigenvalue weighted by molar-refractivity contribution is -0.137. The third kappa shape index (κ3) is 5.43. The number of ether oxygens (including phenoxy) is 1. The largest absolute Gasteiger partial charge is 0.417 e. The van der Waals surface area contributed by atoms with Crippen LogP contribution in [0, 0.1) is 17.0 Å². The van der Waals surface area contributed by atoms with Crippen molar-refractivity contribution in [3.63, 3.8) is 0 Å². The number of nitrogens with one attached hydrogen (secondary N) is 1. The Morgan fingerprint density at radius 1 is 1.20 bits per heavy atom. The van der Waals surface area contributed by atoms with Crippen LogP contribution in [0.4, 0.5) is 27.6 Å². The molecular formula is C27H22ClF5N4O2S. The van der Waals surface area contributed by atoms with E-state index in [0.717, 1.165) is 30.0 Å². The maximum absolute atomic E-state index is 15.0. The van der Waals surface area contributed by atoms with E-state index in [1.165, 1.54) is 29.3 Å². The fourth-order valence-corrected chi connectivity index (χ4v) is 5.69. The first-order valence-electron chi connectivity index (χ1n) is 11.6. The molecule has 1 N–H and O–H groups in total. The molecule has 0 spiro atoms. The van der Waals surface area contributed by atoms with Crippen LogP contribution >= 0.6 is 23.4 Å². The van der Waals surface area contributed by atoms with Gasteiger partial charge in [-0.15, -0.1) is 11.8 Å². The number of fused-ring (bicyclic) bond motifs is 1. The molecule has 2 aromatic rings. The van der Waals surface area contributed by atoms with Crippen LogP contribution in [0.1, 0.15) is 25.0 Å². The van der Waals surface area contributed by atoms with E-state index in [9.17, 15) is 26.7 Å². The minimum absolute atomic E-state index is 0.00199. The van der Waals surface area contributed by atoms with E-state index in [2.05, 4.69) is 11.6 Å². The number of benzene rings is 2. The average molecular weight is 597 g/mol. The van der Waals surface area contributed by atoms with Gasteiger partial charge in [0.25, 0.3) is 5.91 Å². The molecule has 40 heavy (non-hydrogen) atoms. The molecule has 0 aliphatic carbocycles. The van der Waals surface area contributed by atoms with E-state index in [4.69, 9.17) is 21.7 Å². The van der Waals surface area contributed by atoms with E-state index in [0.29, 0.717) is 23.2 Å². The molecule has 0 bridgehead atoms. The van der Waals surface area contributed by atoms with Gasteiger partial charge in [0.05, 0.1) is 28.6 Å². The first kappa shape index (κ1) is 29.5. The van der Waals surface area contributed by atoms with Crippen molar-refractivity contribution in [2.75, 3.05) is 19.5 Å². The number of halogens is 6. The van der Waals surface area contributed by atoms with Crippen LogP contribution in [0.25, 0.3) is 11.1 Å². The first-order chi connectivity index (χ1) is 18.8. The van der Waals surface area contributed by atoms with Gasteiger partial charge >= 0.3 is 6.18 Å². The summed E-state index contributed by atoms with van der Waals surface area (Å²) in [5.74, 6) is -3.00. The van der Waals surface area contributed by atoms with Crippen LogP contribution in [0.3, 0.4) is 0 Å². The van der Waals surface area contributed by atoms with Crippen LogP contribution in [0.5, 0.6) is 0 Å². The molecule has 2 aromatic carbocycles. The van der Waals surface area contributed by atoms with Crippen molar-refractivity contribution >= 4 is 46.5 Å². The number of amides is 1. The van der Waals surface area contributed by atoms with E-state index in [1.54, 1.807) is 13.8 Å². The quantitative estimate of drug-likeness (QED) is 0.128. The van der Waals surface area contributed by atoms with Gasteiger partial charge in [0.1, 0.15) is 17.5 Å². The monoisotopic (exact) mass is 596 g/mol. The fourth-order valence-electron chi connectivity index (χ4n) is 4.41. The van der Waals surface area contributed by atoms with E-state index >= 15 is 0 Å². The standard InChI is InChI=1S/C27H22ClF5N4O2S/c1-5-22(38)37-13(2)9-36(10-14(37)3)26(34)17-6-18(27(31,32)33)23(16-7-19(28)21(30)8-20(16)29)25-24(17)35-15(11-39-4)12-40-25/h5-10,34H,1,11-12H2,2-4H3. The lowest BCUT2D eigenvalue weighted by atomic mass is 9.94. The Balaban J connectivity index is 2.00. The van der Waals surface area contributed by atoms with Gasteiger partial charge in [-0.2, -0.15) is 13.2 Å². The summed E-state index contributed by atoms with van der Waals surface area (Å²) in [5.41, 5.74) is -1.26. The molecule has 4 rings (SSSR count). The van der Waals surface area contributed by atoms with Crippen LogP contribution in [0.15, 0.2) is 64.5 Å². The molecule has 0 aromatic heterocycles. The highest BCUT2D eigenvalue weighted by Gasteiger charge is 2.39. The number of methoxy groups -OCH3 is 1. The molecule has 0 saturated heterocycles. The SMILES string of the molecule is C=CC(=O)N1C(C)=CN(C(=N)c2cc(C(F)(F)F)c(-c3cc(Cl)c(F)cc3F)c3c2N=C(COC)CS3)C=C1C. The van der Waals surface area contributed by atoms with Gasteiger partial charge in [-0.05, 0) is 32.1 Å². The number of nitrogens with zero attached hydrogens (tertiary/aromatic N) is 3. The molecule has 13 heteroatoms. The normalized spacial score (nSPS) is 15.3. The van der Waals surface area contributed by atoms with Gasteiger partial charge in [-0.1, -0.05) is 18.2 Å². The number of rotatable bonds is 5. The predicted octanol–water partition coefficient (Wildman–Crippen LogP) is 7.51. The third-order valence-corrected chi connectivity index (χ3v) is 7.52. The van der Waals surface area contributed by atoms with E-state index < -0.39 is 45.4 Å². The molecular weight excluding hydrogens is 575 g/mol. The maximum Gasteiger partial charge on any atom is 0.417 e. The lowest BCUT2D eigenvalue weighted by Crippen LogP contribution is -2.34. The summed E-state index contributed by atoms with van der Waals surface area (Å²) in [7, 11) is 1.44. The van der Waals surface area contributed by atoms with Gasteiger partial charge in [-0.3, -0.25) is 20.1 Å². The van der Waals surface area contributed by atoms with Crippen molar-refractivity contribution in [2.45, 2.75) is 24.9 Å². The molecule has 0 saturated carbocycles. The summed E-state index contributed by atoms with van der Waals surface area (Å²) >= 11 is 6.81. The number of carbonyl (C=O) groups is 1. The fraction of sp³-hybridized carbons (Fsp3) is 0.222. The first-order valence-corrected chi connectivity index (χ1v) is 13.0. The van der Waals surface area contributed by atoms with Crippen molar-refractivity contribution in [1.29, 1.82) is 5.41 Å². The molecule has 2 aliphatic heterocycles. The second-order valence-corrected chi connectivity index (χ2v) is 10.2. The third-order valence-electron chi connectivity index (χ3n) is 6.07. The number of alkyl halides is 3. The highest BCUT2D eigenvalue weighted by atomic mass is 35.5. The molecule has 2 aliphatic rings. The van der Waals surface area contributed by atoms with Crippen LogP contribution in [0.2, 0.25) is 5.02 Å². The predicted molar refractivity (Wildman–Crippen MR) is 145 cm³/mol. The Morgan fingerprint density at radius 3 is 2.42 bits per heavy atom. The molecule has 0 atom stereocenters. The summed E-state index contributed by atoms with van der Waals surface area (Å²) in [5, 5.41) is 8.35. The highest BCUT2D eigenvalue weighted by Crippen LogP contribution is 2.51. The number of amidine groups is 1. The summed E-state index contributed by atoms with van der Waals surface area (Å²) in [6, 6.07) is 1.96. The smallest absolute Gasteiger partial charge is 0.379 e. The van der Waals surface area contributed by atoms with Crippen molar-refractivity contribution in [3.8, 4) is 11.1 Å². The maximum atomic E-state index is 15.0. The van der Waals surface area contributed by atoms with Gasteiger partial charge in [-0.25, -0.2) is 8.78 Å². The van der Waals surface area contributed by atoms with Crippen molar-refractivity contribution in [3.05, 3.63) is 82.4 Å². The van der Waals surface area contributed by atoms with E-state index in [-0.39, 0.29) is 34.3 Å². The van der Waals surface area contributed by atoms with Crippen molar-refractivity contribution in [2.24, 2.45) is 4.99 Å². The second kappa shape index (κ2) is 11.2. The van der Waals surface area contributed by atoms with Crippen LogP contribution < -0.4 is 0 Å². The summed E-state index contributed by atoms with van der Waals surface area (Å²) in [6.45, 7) is 6.75. The summed E-state index contributed by atoms with van der Waals surface area (Å²) < 4.78 is 77.7. The second-order valence-electron chi connectivity index (χ2n) is 8.84. The molecule has 0 radical (unpaired) electrons. The van der Waals surface area contributed by atoms with Crippen LogP contribution in [-0.2, 0) is 15.7 Å². The summed E-state index contributed by atoms with van der Waals surface area (Å²) in [4.78, 5) is 19.3. The Kier molecular flexibility index (Phi) is 8.25.